The Morgan fingerprint density at radius 1 is 1.19 bits per heavy atom. The number of aromatic nitrogens is 5. The fourth-order valence-corrected chi connectivity index (χ4v) is 5.32. The minimum Gasteiger partial charge on any atom is -0.471 e. The van der Waals surface area contributed by atoms with E-state index in [2.05, 4.69) is 22.2 Å². The number of ether oxygens (including phenoxy) is 5. The van der Waals surface area contributed by atoms with Crippen molar-refractivity contribution in [2.24, 2.45) is 0 Å². The average molecular weight is 530 g/mol. The Bertz CT molecular complexity index is 1240. The van der Waals surface area contributed by atoms with Crippen LogP contribution in [0.5, 0.6) is 5.88 Å². The van der Waals surface area contributed by atoms with Crippen molar-refractivity contribution in [1.82, 2.24) is 25.0 Å². The minimum absolute atomic E-state index is 0.170. The van der Waals surface area contributed by atoms with Crippen molar-refractivity contribution in [1.29, 1.82) is 0 Å². The van der Waals surface area contributed by atoms with Crippen LogP contribution >= 0.6 is 11.8 Å². The summed E-state index contributed by atoms with van der Waals surface area (Å²) in [6.07, 6.45) is 0.351. The number of carbonyl (C=O) groups is 1. The molecule has 1 saturated carbocycles. The maximum atomic E-state index is 11.7. The van der Waals surface area contributed by atoms with E-state index in [1.807, 2.05) is 44.2 Å². The number of hydrogen-bond donors (Lipinski definition) is 0. The van der Waals surface area contributed by atoms with E-state index < -0.39 is 11.8 Å². The van der Waals surface area contributed by atoms with Gasteiger partial charge < -0.3 is 23.7 Å². The van der Waals surface area contributed by atoms with Crippen LogP contribution in [0.2, 0.25) is 0 Å². The lowest BCUT2D eigenvalue weighted by Crippen LogP contribution is -2.32. The SMILES string of the molecule is CCCSc1nc(OCc2ccccc2)c2nnn([C@@H]3C[C@H](OCC(=O)OC)[C@H]4OC(C)(C)O[C@H]43)c2n1. The van der Waals surface area contributed by atoms with Crippen LogP contribution in [0.4, 0.5) is 0 Å². The molecule has 0 radical (unpaired) electrons. The summed E-state index contributed by atoms with van der Waals surface area (Å²) in [5.41, 5.74) is 2.06. The number of hydrogen-bond acceptors (Lipinski definition) is 11. The van der Waals surface area contributed by atoms with E-state index in [4.69, 9.17) is 28.7 Å². The highest BCUT2D eigenvalue weighted by atomic mass is 32.2. The number of benzene rings is 1. The highest BCUT2D eigenvalue weighted by Crippen LogP contribution is 2.45. The Morgan fingerprint density at radius 2 is 1.97 bits per heavy atom. The van der Waals surface area contributed by atoms with Crippen molar-refractivity contribution < 1.29 is 28.5 Å². The van der Waals surface area contributed by atoms with Crippen molar-refractivity contribution in [3.8, 4) is 5.88 Å². The molecule has 0 bridgehead atoms. The summed E-state index contributed by atoms with van der Waals surface area (Å²) in [6, 6.07) is 9.61. The van der Waals surface area contributed by atoms with Gasteiger partial charge in [-0.05, 0) is 25.8 Å². The van der Waals surface area contributed by atoms with Crippen LogP contribution in [0, 0.1) is 0 Å². The number of nitrogens with zero attached hydrogens (tertiary/aromatic N) is 5. The molecule has 1 aliphatic heterocycles. The standard InChI is InChI=1S/C25H31N5O6S/c1-5-11-37-24-26-22-19(23(27-24)34-13-15-9-7-6-8-10-15)28-29-30(22)16-12-17(33-14-18(31)32-4)21-20(16)35-25(2,3)36-21/h6-10,16-17,20-21H,5,11-14H2,1-4H3/t16-,17+,20+,21-/m1/s1. The van der Waals surface area contributed by atoms with Crippen molar-refractivity contribution in [3.05, 3.63) is 35.9 Å². The van der Waals surface area contributed by atoms with Crippen molar-refractivity contribution in [2.75, 3.05) is 19.5 Å². The quantitative estimate of drug-likeness (QED) is 0.218. The maximum Gasteiger partial charge on any atom is 0.331 e. The first-order valence-electron chi connectivity index (χ1n) is 12.3. The predicted molar refractivity (Wildman–Crippen MR) is 134 cm³/mol. The molecule has 2 aliphatic rings. The van der Waals surface area contributed by atoms with Gasteiger partial charge in [0, 0.05) is 12.2 Å². The molecule has 12 heteroatoms. The predicted octanol–water partition coefficient (Wildman–Crippen LogP) is 3.33. The summed E-state index contributed by atoms with van der Waals surface area (Å²) >= 11 is 1.56. The Balaban J connectivity index is 1.47. The second-order valence-electron chi connectivity index (χ2n) is 9.43. The first-order valence-corrected chi connectivity index (χ1v) is 13.3. The van der Waals surface area contributed by atoms with Gasteiger partial charge >= 0.3 is 5.97 Å². The van der Waals surface area contributed by atoms with Gasteiger partial charge in [-0.25, -0.2) is 14.5 Å². The molecule has 5 rings (SSSR count). The highest BCUT2D eigenvalue weighted by molar-refractivity contribution is 7.99. The van der Waals surface area contributed by atoms with Crippen LogP contribution in [0.25, 0.3) is 11.2 Å². The molecule has 0 N–H and O–H groups in total. The Hall–Kier alpha value is -2.80. The van der Waals surface area contributed by atoms with E-state index in [9.17, 15) is 4.79 Å². The maximum absolute atomic E-state index is 11.7. The third-order valence-electron chi connectivity index (χ3n) is 6.26. The Kier molecular flexibility index (Phi) is 7.61. The largest absolute Gasteiger partial charge is 0.471 e. The van der Waals surface area contributed by atoms with Gasteiger partial charge in [-0.3, -0.25) is 0 Å². The number of thioether (sulfide) groups is 1. The molecule has 2 aromatic heterocycles. The molecule has 1 saturated heterocycles. The summed E-state index contributed by atoms with van der Waals surface area (Å²) < 4.78 is 30.9. The second-order valence-corrected chi connectivity index (χ2v) is 10.5. The zero-order valence-corrected chi connectivity index (χ0v) is 22.1. The van der Waals surface area contributed by atoms with Crippen molar-refractivity contribution in [2.45, 2.75) is 75.5 Å². The van der Waals surface area contributed by atoms with Crippen LogP contribution in [0.15, 0.2) is 35.5 Å². The molecular formula is C25H31N5O6S. The number of esters is 1. The number of carbonyl (C=O) groups excluding carboxylic acids is 1. The van der Waals surface area contributed by atoms with Crippen LogP contribution in [-0.4, -0.2) is 74.5 Å². The van der Waals surface area contributed by atoms with Gasteiger partial charge in [-0.1, -0.05) is 54.2 Å². The van der Waals surface area contributed by atoms with Gasteiger partial charge in [0.1, 0.15) is 25.4 Å². The number of methoxy groups -OCH3 is 1. The first-order chi connectivity index (χ1) is 17.9. The third kappa shape index (κ3) is 5.57. The molecule has 1 aromatic carbocycles. The van der Waals surface area contributed by atoms with E-state index in [0.29, 0.717) is 35.2 Å². The molecule has 2 fully saturated rings. The second kappa shape index (κ2) is 10.9. The fraction of sp³-hybridized carbons (Fsp3) is 0.560. The van der Waals surface area contributed by atoms with Gasteiger partial charge in [0.25, 0.3) is 0 Å². The van der Waals surface area contributed by atoms with Gasteiger partial charge in [0.05, 0.1) is 19.3 Å². The van der Waals surface area contributed by atoms with Crippen LogP contribution in [0.1, 0.15) is 45.2 Å². The number of rotatable bonds is 10. The Morgan fingerprint density at radius 3 is 2.73 bits per heavy atom. The van der Waals surface area contributed by atoms with Gasteiger partial charge in [0.2, 0.25) is 5.88 Å². The molecule has 4 atom stereocenters. The van der Waals surface area contributed by atoms with E-state index in [1.54, 1.807) is 16.4 Å². The van der Waals surface area contributed by atoms with E-state index in [1.165, 1.54) is 7.11 Å². The lowest BCUT2D eigenvalue weighted by atomic mass is 10.2. The molecular weight excluding hydrogens is 498 g/mol. The van der Waals surface area contributed by atoms with Gasteiger partial charge in [-0.2, -0.15) is 4.98 Å². The molecule has 198 valence electrons. The molecule has 1 aliphatic carbocycles. The minimum atomic E-state index is -0.807. The summed E-state index contributed by atoms with van der Waals surface area (Å²) in [5.74, 6) is -0.00252. The zero-order valence-electron chi connectivity index (χ0n) is 21.3. The lowest BCUT2D eigenvalue weighted by molar-refractivity contribution is -0.173. The average Bonchev–Trinajstić information content (AvgIpc) is 3.55. The summed E-state index contributed by atoms with van der Waals surface area (Å²) in [5, 5.41) is 9.46. The normalized spacial score (nSPS) is 24.3. The first kappa shape index (κ1) is 25.8. The molecule has 3 aromatic rings. The Labute approximate surface area is 219 Å². The molecule has 0 amide bonds. The number of fused-ring (bicyclic) bond motifs is 2. The zero-order chi connectivity index (χ0) is 26.0. The van der Waals surface area contributed by atoms with Crippen LogP contribution in [-0.2, 0) is 30.3 Å². The van der Waals surface area contributed by atoms with Crippen LogP contribution < -0.4 is 4.74 Å². The van der Waals surface area contributed by atoms with Gasteiger partial charge in [0.15, 0.2) is 22.1 Å². The molecule has 0 spiro atoms. The van der Waals surface area contributed by atoms with Crippen molar-refractivity contribution >= 4 is 28.9 Å². The van der Waals surface area contributed by atoms with Crippen LogP contribution in [0.3, 0.4) is 0 Å². The summed E-state index contributed by atoms with van der Waals surface area (Å²) in [6.45, 7) is 6.00. The smallest absolute Gasteiger partial charge is 0.331 e. The molecule has 0 unspecified atom stereocenters. The molecule has 11 nitrogen and oxygen atoms in total. The van der Waals surface area contributed by atoms with E-state index in [0.717, 1.165) is 17.7 Å². The molecule has 3 heterocycles. The summed E-state index contributed by atoms with van der Waals surface area (Å²) in [7, 11) is 1.33. The monoisotopic (exact) mass is 529 g/mol. The highest BCUT2D eigenvalue weighted by Gasteiger charge is 2.56. The van der Waals surface area contributed by atoms with E-state index in [-0.39, 0.29) is 31.0 Å². The topological polar surface area (TPSA) is 120 Å². The van der Waals surface area contributed by atoms with Crippen molar-refractivity contribution in [3.63, 3.8) is 0 Å². The summed E-state index contributed by atoms with van der Waals surface area (Å²) in [4.78, 5) is 21.2. The van der Waals surface area contributed by atoms with Gasteiger partial charge in [-0.15, -0.1) is 5.10 Å². The molecule has 37 heavy (non-hydrogen) atoms. The third-order valence-corrected chi connectivity index (χ3v) is 7.32. The lowest BCUT2D eigenvalue weighted by Gasteiger charge is -2.23. The fourth-order valence-electron chi connectivity index (χ4n) is 4.64. The van der Waals surface area contributed by atoms with E-state index >= 15 is 0 Å².